The van der Waals surface area contributed by atoms with Gasteiger partial charge in [0.15, 0.2) is 0 Å². The van der Waals surface area contributed by atoms with Crippen molar-refractivity contribution in [2.45, 2.75) is 32.7 Å². The van der Waals surface area contributed by atoms with Crippen LogP contribution in [0.3, 0.4) is 0 Å². The van der Waals surface area contributed by atoms with Gasteiger partial charge in [0.2, 0.25) is 0 Å². The van der Waals surface area contributed by atoms with Crippen LogP contribution in [0.4, 0.5) is 5.69 Å². The quantitative estimate of drug-likeness (QED) is 0.808. The summed E-state index contributed by atoms with van der Waals surface area (Å²) in [6, 6.07) is 6.23. The minimum atomic E-state index is 0.891. The minimum Gasteiger partial charge on any atom is -0.370 e. The number of halogens is 1. The largest absolute Gasteiger partial charge is 0.370 e. The second-order valence-corrected chi connectivity index (χ2v) is 5.03. The predicted molar refractivity (Wildman–Crippen MR) is 74.9 cm³/mol. The Kier molecular flexibility index (Phi) is 4.69. The zero-order valence-corrected chi connectivity index (χ0v) is 11.3. The third kappa shape index (κ3) is 3.14. The fraction of sp³-hybridized carbons (Fsp3) is 0.571. The molecule has 0 spiro atoms. The number of anilines is 1. The van der Waals surface area contributed by atoms with Crippen molar-refractivity contribution in [2.75, 3.05) is 24.5 Å². The Labute approximate surface area is 109 Å². The number of hydrogen-bond donors (Lipinski definition) is 1. The molecule has 2 nitrogen and oxygen atoms in total. The fourth-order valence-corrected chi connectivity index (χ4v) is 2.71. The average molecular weight is 253 g/mol. The van der Waals surface area contributed by atoms with Crippen molar-refractivity contribution in [3.8, 4) is 0 Å². The van der Waals surface area contributed by atoms with Crippen molar-refractivity contribution in [3.63, 3.8) is 0 Å². The number of para-hydroxylation sites is 1. The maximum absolute atomic E-state index is 6.35. The van der Waals surface area contributed by atoms with Crippen LogP contribution in [0.1, 0.15) is 31.7 Å². The lowest BCUT2D eigenvalue weighted by Gasteiger charge is -2.23. The van der Waals surface area contributed by atoms with Gasteiger partial charge in [0.25, 0.3) is 0 Å². The summed E-state index contributed by atoms with van der Waals surface area (Å²) in [7, 11) is 0. The first kappa shape index (κ1) is 12.7. The molecule has 0 bridgehead atoms. The second kappa shape index (κ2) is 6.27. The summed E-state index contributed by atoms with van der Waals surface area (Å²) < 4.78 is 0. The SMILES string of the molecule is CCCNCc1cccc(Cl)c1N1CCCC1. The summed E-state index contributed by atoms with van der Waals surface area (Å²) in [5, 5.41) is 4.35. The monoisotopic (exact) mass is 252 g/mol. The molecule has 1 heterocycles. The lowest BCUT2D eigenvalue weighted by atomic mass is 10.1. The summed E-state index contributed by atoms with van der Waals surface area (Å²) in [5.41, 5.74) is 2.57. The molecule has 1 N–H and O–H groups in total. The van der Waals surface area contributed by atoms with Crippen LogP contribution < -0.4 is 10.2 Å². The van der Waals surface area contributed by atoms with Crippen molar-refractivity contribution in [1.29, 1.82) is 0 Å². The van der Waals surface area contributed by atoms with Crippen molar-refractivity contribution in [2.24, 2.45) is 0 Å². The third-order valence-electron chi connectivity index (χ3n) is 3.23. The molecule has 17 heavy (non-hydrogen) atoms. The normalized spacial score (nSPS) is 15.5. The Bertz CT molecular complexity index is 359. The van der Waals surface area contributed by atoms with Gasteiger partial charge in [-0.25, -0.2) is 0 Å². The lowest BCUT2D eigenvalue weighted by Crippen LogP contribution is -2.22. The van der Waals surface area contributed by atoms with Gasteiger partial charge in [0.1, 0.15) is 0 Å². The van der Waals surface area contributed by atoms with Gasteiger partial charge in [0, 0.05) is 19.6 Å². The van der Waals surface area contributed by atoms with Crippen LogP contribution >= 0.6 is 11.6 Å². The van der Waals surface area contributed by atoms with E-state index in [1.807, 2.05) is 12.1 Å². The van der Waals surface area contributed by atoms with E-state index in [0.717, 1.165) is 31.2 Å². The van der Waals surface area contributed by atoms with E-state index in [9.17, 15) is 0 Å². The maximum Gasteiger partial charge on any atom is 0.0642 e. The Hall–Kier alpha value is -0.730. The highest BCUT2D eigenvalue weighted by atomic mass is 35.5. The Morgan fingerprint density at radius 2 is 2.06 bits per heavy atom. The van der Waals surface area contributed by atoms with E-state index >= 15 is 0 Å². The standard InChI is InChI=1S/C14H21ClN2/c1-2-8-16-11-12-6-5-7-13(15)14(12)17-9-3-4-10-17/h5-7,16H,2-4,8-11H2,1H3. The van der Waals surface area contributed by atoms with Gasteiger partial charge in [-0.05, 0) is 37.4 Å². The van der Waals surface area contributed by atoms with E-state index in [0.29, 0.717) is 0 Å². The van der Waals surface area contributed by atoms with E-state index in [4.69, 9.17) is 11.6 Å². The first-order valence-electron chi connectivity index (χ1n) is 6.56. The first-order chi connectivity index (χ1) is 8.33. The van der Waals surface area contributed by atoms with Crippen molar-refractivity contribution < 1.29 is 0 Å². The number of rotatable bonds is 5. The Balaban J connectivity index is 2.15. The summed E-state index contributed by atoms with van der Waals surface area (Å²) in [6.07, 6.45) is 3.74. The molecule has 3 heteroatoms. The van der Waals surface area contributed by atoms with Gasteiger partial charge < -0.3 is 10.2 Å². The average Bonchev–Trinajstić information content (AvgIpc) is 2.83. The Morgan fingerprint density at radius 1 is 1.29 bits per heavy atom. The van der Waals surface area contributed by atoms with Crippen molar-refractivity contribution >= 4 is 17.3 Å². The zero-order valence-electron chi connectivity index (χ0n) is 10.5. The topological polar surface area (TPSA) is 15.3 Å². The van der Waals surface area contributed by atoms with Gasteiger partial charge in [0.05, 0.1) is 10.7 Å². The molecule has 2 rings (SSSR count). The maximum atomic E-state index is 6.35. The molecule has 0 aromatic heterocycles. The molecule has 0 radical (unpaired) electrons. The molecule has 1 aromatic rings. The number of nitrogens with zero attached hydrogens (tertiary/aromatic N) is 1. The molecule has 1 saturated heterocycles. The van der Waals surface area contributed by atoms with Gasteiger partial charge in [-0.3, -0.25) is 0 Å². The summed E-state index contributed by atoms with van der Waals surface area (Å²) in [6.45, 7) is 6.45. The smallest absolute Gasteiger partial charge is 0.0642 e. The molecular formula is C14H21ClN2. The molecule has 1 aliphatic rings. The van der Waals surface area contributed by atoms with Crippen LogP contribution in [0.2, 0.25) is 5.02 Å². The van der Waals surface area contributed by atoms with E-state index < -0.39 is 0 Å². The van der Waals surface area contributed by atoms with Crippen LogP contribution in [-0.2, 0) is 6.54 Å². The third-order valence-corrected chi connectivity index (χ3v) is 3.54. The van der Waals surface area contributed by atoms with Gasteiger partial charge in [-0.1, -0.05) is 30.7 Å². The minimum absolute atomic E-state index is 0.891. The van der Waals surface area contributed by atoms with E-state index in [1.54, 1.807) is 0 Å². The zero-order chi connectivity index (χ0) is 12.1. The highest BCUT2D eigenvalue weighted by molar-refractivity contribution is 6.33. The van der Waals surface area contributed by atoms with E-state index in [-0.39, 0.29) is 0 Å². The van der Waals surface area contributed by atoms with Crippen molar-refractivity contribution in [3.05, 3.63) is 28.8 Å². The molecule has 1 aromatic carbocycles. The number of hydrogen-bond acceptors (Lipinski definition) is 2. The molecule has 0 saturated carbocycles. The van der Waals surface area contributed by atoms with E-state index in [2.05, 4.69) is 23.2 Å². The van der Waals surface area contributed by atoms with Gasteiger partial charge in [-0.15, -0.1) is 0 Å². The van der Waals surface area contributed by atoms with E-state index in [1.165, 1.54) is 30.5 Å². The molecule has 1 aliphatic heterocycles. The number of nitrogens with one attached hydrogen (secondary N) is 1. The fourth-order valence-electron chi connectivity index (χ4n) is 2.40. The first-order valence-corrected chi connectivity index (χ1v) is 6.93. The highest BCUT2D eigenvalue weighted by Gasteiger charge is 2.18. The molecular weight excluding hydrogens is 232 g/mol. The Morgan fingerprint density at radius 3 is 2.76 bits per heavy atom. The van der Waals surface area contributed by atoms with Crippen LogP contribution in [0, 0.1) is 0 Å². The van der Waals surface area contributed by atoms with Crippen LogP contribution in [-0.4, -0.2) is 19.6 Å². The van der Waals surface area contributed by atoms with Crippen LogP contribution in [0.25, 0.3) is 0 Å². The van der Waals surface area contributed by atoms with Gasteiger partial charge >= 0.3 is 0 Å². The highest BCUT2D eigenvalue weighted by Crippen LogP contribution is 2.32. The molecule has 94 valence electrons. The van der Waals surface area contributed by atoms with Crippen LogP contribution in [0.5, 0.6) is 0 Å². The summed E-state index contributed by atoms with van der Waals surface area (Å²) >= 11 is 6.35. The van der Waals surface area contributed by atoms with Gasteiger partial charge in [-0.2, -0.15) is 0 Å². The second-order valence-electron chi connectivity index (χ2n) is 4.62. The molecule has 0 amide bonds. The molecule has 1 fully saturated rings. The molecule has 0 atom stereocenters. The van der Waals surface area contributed by atoms with Crippen molar-refractivity contribution in [1.82, 2.24) is 5.32 Å². The lowest BCUT2D eigenvalue weighted by molar-refractivity contribution is 0.674. The predicted octanol–water partition coefficient (Wildman–Crippen LogP) is 3.44. The molecule has 0 aliphatic carbocycles. The van der Waals surface area contributed by atoms with Crippen LogP contribution in [0.15, 0.2) is 18.2 Å². The summed E-state index contributed by atoms with van der Waals surface area (Å²) in [4.78, 5) is 2.42. The molecule has 0 unspecified atom stereocenters. The number of benzene rings is 1. The summed E-state index contributed by atoms with van der Waals surface area (Å²) in [5.74, 6) is 0.